The second-order valence-corrected chi connectivity index (χ2v) is 8.07. The van der Waals surface area contributed by atoms with Gasteiger partial charge in [0.1, 0.15) is 29.5 Å². The van der Waals surface area contributed by atoms with Crippen molar-refractivity contribution in [2.24, 2.45) is 0 Å². The number of hydrogen-bond acceptors (Lipinski definition) is 6. The van der Waals surface area contributed by atoms with Crippen LogP contribution in [0.25, 0.3) is 11.1 Å². The molecule has 0 aliphatic rings. The van der Waals surface area contributed by atoms with E-state index >= 15 is 0 Å². The van der Waals surface area contributed by atoms with Crippen molar-refractivity contribution in [3.8, 4) is 23.3 Å². The number of amides is 1. The molecule has 4 aromatic rings. The van der Waals surface area contributed by atoms with Crippen LogP contribution in [0.2, 0.25) is 0 Å². The van der Waals surface area contributed by atoms with Crippen LogP contribution in [0.4, 0.5) is 10.2 Å². The number of nitrogens with zero attached hydrogens (tertiary/aromatic N) is 4. The first-order valence-corrected chi connectivity index (χ1v) is 11.1. The average Bonchev–Trinajstić information content (AvgIpc) is 2.92. The fraction of sp³-hybridized carbons (Fsp3) is 0.107. The summed E-state index contributed by atoms with van der Waals surface area (Å²) in [6, 6.07) is 22.4. The topological polar surface area (TPSA) is 114 Å². The number of nitriles is 2. The lowest BCUT2D eigenvalue weighted by Crippen LogP contribution is -2.28. The molecule has 0 aliphatic heterocycles. The molecule has 0 aliphatic carbocycles. The number of nitrogens with one attached hydrogen (secondary N) is 2. The normalized spacial score (nSPS) is 11.1. The summed E-state index contributed by atoms with van der Waals surface area (Å²) in [5, 5.41) is 24.4. The van der Waals surface area contributed by atoms with Gasteiger partial charge in [0.25, 0.3) is 5.91 Å². The van der Waals surface area contributed by atoms with Gasteiger partial charge in [-0.25, -0.2) is 14.4 Å². The maximum absolute atomic E-state index is 13.2. The van der Waals surface area contributed by atoms with E-state index in [-0.39, 0.29) is 23.0 Å². The number of anilines is 1. The zero-order valence-electron chi connectivity index (χ0n) is 19.4. The number of benzene rings is 2. The molecule has 4 rings (SSSR count). The Morgan fingerprint density at radius 1 is 0.972 bits per heavy atom. The third-order valence-corrected chi connectivity index (χ3v) is 5.60. The molecule has 1 atom stereocenters. The van der Waals surface area contributed by atoms with Gasteiger partial charge in [-0.15, -0.1) is 0 Å². The van der Waals surface area contributed by atoms with E-state index in [1.807, 2.05) is 42.5 Å². The Kier molecular flexibility index (Phi) is 7.28. The number of aromatic nitrogens is 2. The van der Waals surface area contributed by atoms with Gasteiger partial charge >= 0.3 is 0 Å². The lowest BCUT2D eigenvalue weighted by atomic mass is 10.0. The minimum atomic E-state index is -0.403. The zero-order valence-corrected chi connectivity index (χ0v) is 19.4. The quantitative estimate of drug-likeness (QED) is 0.382. The summed E-state index contributed by atoms with van der Waals surface area (Å²) in [5.74, 6) is -0.412. The molecule has 0 spiro atoms. The van der Waals surface area contributed by atoms with Crippen LogP contribution in [0.1, 0.15) is 45.7 Å². The van der Waals surface area contributed by atoms with Crippen molar-refractivity contribution in [2.75, 3.05) is 5.32 Å². The van der Waals surface area contributed by atoms with Crippen LogP contribution in [-0.2, 0) is 6.54 Å². The summed E-state index contributed by atoms with van der Waals surface area (Å²) < 4.78 is 13.2. The van der Waals surface area contributed by atoms with Gasteiger partial charge in [-0.05, 0) is 59.5 Å². The van der Waals surface area contributed by atoms with Crippen molar-refractivity contribution in [2.45, 2.75) is 19.5 Å². The number of hydrogen-bond donors (Lipinski definition) is 2. The predicted molar refractivity (Wildman–Crippen MR) is 133 cm³/mol. The van der Waals surface area contributed by atoms with Crippen LogP contribution < -0.4 is 10.6 Å². The van der Waals surface area contributed by atoms with Gasteiger partial charge in [0.15, 0.2) is 0 Å². The SMILES string of the molecule is CC(NC(=O)c1cc(C#N)cnc1NCc1ccc(-c2ccnc(C#N)c2)cc1)c1ccc(F)cc1. The van der Waals surface area contributed by atoms with Crippen LogP contribution in [0, 0.1) is 28.5 Å². The van der Waals surface area contributed by atoms with E-state index < -0.39 is 5.91 Å². The molecule has 36 heavy (non-hydrogen) atoms. The van der Waals surface area contributed by atoms with Crippen LogP contribution in [0.5, 0.6) is 0 Å². The lowest BCUT2D eigenvalue weighted by Gasteiger charge is -2.16. The van der Waals surface area contributed by atoms with E-state index in [1.54, 1.807) is 31.3 Å². The molecule has 2 aromatic heterocycles. The predicted octanol–water partition coefficient (Wildman–Crippen LogP) is 5.13. The smallest absolute Gasteiger partial charge is 0.255 e. The molecule has 1 unspecified atom stereocenters. The molecule has 0 bridgehead atoms. The highest BCUT2D eigenvalue weighted by Gasteiger charge is 2.17. The Balaban J connectivity index is 1.48. The summed E-state index contributed by atoms with van der Waals surface area (Å²) in [5.41, 5.74) is 4.39. The average molecular weight is 477 g/mol. The summed E-state index contributed by atoms with van der Waals surface area (Å²) in [7, 11) is 0. The molecule has 8 heteroatoms. The molecule has 0 fully saturated rings. The standard InChI is InChI=1S/C28H21FN6O/c1-18(21-6-8-24(29)9-7-21)35-28(36)26-12-20(14-30)17-34-27(26)33-16-19-2-4-22(5-3-19)23-10-11-32-25(13-23)15-31/h2-13,17-18H,16H2,1H3,(H,33,34)(H,35,36). The van der Waals surface area contributed by atoms with Gasteiger partial charge in [0.05, 0.1) is 17.2 Å². The molecule has 2 aromatic carbocycles. The summed E-state index contributed by atoms with van der Waals surface area (Å²) in [6.45, 7) is 2.19. The van der Waals surface area contributed by atoms with E-state index in [9.17, 15) is 14.4 Å². The van der Waals surface area contributed by atoms with Crippen LogP contribution in [-0.4, -0.2) is 15.9 Å². The van der Waals surface area contributed by atoms with Gasteiger partial charge < -0.3 is 10.6 Å². The third kappa shape index (κ3) is 5.69. The second kappa shape index (κ2) is 10.9. The number of carbonyl (C=O) groups is 1. The van der Waals surface area contributed by atoms with Crippen LogP contribution in [0.15, 0.2) is 79.1 Å². The van der Waals surface area contributed by atoms with Gasteiger partial charge in [0, 0.05) is 18.9 Å². The largest absolute Gasteiger partial charge is 0.365 e. The number of rotatable bonds is 7. The first kappa shape index (κ1) is 24.1. The maximum Gasteiger partial charge on any atom is 0.255 e. The minimum absolute atomic E-state index is 0.237. The number of pyridine rings is 2. The molecule has 2 N–H and O–H groups in total. The second-order valence-electron chi connectivity index (χ2n) is 8.07. The maximum atomic E-state index is 13.2. The Labute approximate surface area is 207 Å². The Bertz CT molecular complexity index is 1470. The van der Waals surface area contributed by atoms with Crippen molar-refractivity contribution in [3.05, 3.63) is 113 Å². The Morgan fingerprint density at radius 2 is 1.72 bits per heavy atom. The Morgan fingerprint density at radius 3 is 2.42 bits per heavy atom. The minimum Gasteiger partial charge on any atom is -0.365 e. The first-order valence-electron chi connectivity index (χ1n) is 11.1. The van der Waals surface area contributed by atoms with Gasteiger partial charge in [0.2, 0.25) is 0 Å². The van der Waals surface area contributed by atoms with E-state index in [0.29, 0.717) is 18.1 Å². The van der Waals surface area contributed by atoms with Gasteiger partial charge in [-0.1, -0.05) is 36.4 Å². The highest BCUT2D eigenvalue weighted by Crippen LogP contribution is 2.22. The van der Waals surface area contributed by atoms with Crippen LogP contribution >= 0.6 is 0 Å². The van der Waals surface area contributed by atoms with E-state index in [0.717, 1.165) is 22.3 Å². The van der Waals surface area contributed by atoms with Gasteiger partial charge in [-0.2, -0.15) is 10.5 Å². The monoisotopic (exact) mass is 476 g/mol. The molecule has 7 nitrogen and oxygen atoms in total. The third-order valence-electron chi connectivity index (χ3n) is 5.60. The van der Waals surface area contributed by atoms with Crippen molar-refractivity contribution in [3.63, 3.8) is 0 Å². The van der Waals surface area contributed by atoms with Crippen molar-refractivity contribution >= 4 is 11.7 Å². The lowest BCUT2D eigenvalue weighted by molar-refractivity contribution is 0.0940. The molecule has 0 saturated carbocycles. The van der Waals surface area contributed by atoms with E-state index in [4.69, 9.17) is 5.26 Å². The van der Waals surface area contributed by atoms with E-state index in [2.05, 4.69) is 20.6 Å². The molecule has 0 radical (unpaired) electrons. The molecule has 0 saturated heterocycles. The highest BCUT2D eigenvalue weighted by molar-refractivity contribution is 5.99. The molecule has 2 heterocycles. The fourth-order valence-corrected chi connectivity index (χ4v) is 3.62. The summed E-state index contributed by atoms with van der Waals surface area (Å²) in [6.07, 6.45) is 3.01. The molecular formula is C28H21FN6O. The van der Waals surface area contributed by atoms with Crippen molar-refractivity contribution in [1.29, 1.82) is 10.5 Å². The molecule has 176 valence electrons. The van der Waals surface area contributed by atoms with Gasteiger partial charge in [-0.3, -0.25) is 4.79 Å². The number of halogens is 1. The Hall–Kier alpha value is -5.08. The van der Waals surface area contributed by atoms with Crippen molar-refractivity contribution in [1.82, 2.24) is 15.3 Å². The first-order chi connectivity index (χ1) is 17.5. The fourth-order valence-electron chi connectivity index (χ4n) is 3.62. The highest BCUT2D eigenvalue weighted by atomic mass is 19.1. The number of carbonyl (C=O) groups excluding carboxylic acids is 1. The zero-order chi connectivity index (χ0) is 25.5. The summed E-state index contributed by atoms with van der Waals surface area (Å²) >= 11 is 0. The van der Waals surface area contributed by atoms with Crippen molar-refractivity contribution < 1.29 is 9.18 Å². The summed E-state index contributed by atoms with van der Waals surface area (Å²) in [4.78, 5) is 21.3. The van der Waals surface area contributed by atoms with Crippen LogP contribution in [0.3, 0.4) is 0 Å². The molecular weight excluding hydrogens is 455 g/mol. The van der Waals surface area contributed by atoms with E-state index in [1.165, 1.54) is 24.4 Å². The molecule has 1 amide bonds.